The highest BCUT2D eigenvalue weighted by atomic mass is 16.2. The maximum absolute atomic E-state index is 11.5. The van der Waals surface area contributed by atoms with Crippen molar-refractivity contribution in [3.05, 3.63) is 12.7 Å². The van der Waals surface area contributed by atoms with E-state index in [1.54, 1.807) is 6.08 Å². The van der Waals surface area contributed by atoms with E-state index in [1.165, 1.54) is 0 Å². The first-order valence-corrected chi connectivity index (χ1v) is 6.74. The van der Waals surface area contributed by atoms with Crippen LogP contribution in [0.15, 0.2) is 12.7 Å². The minimum Gasteiger partial charge on any atom is -0.355 e. The lowest BCUT2D eigenvalue weighted by molar-refractivity contribution is -0.124. The van der Waals surface area contributed by atoms with Crippen molar-refractivity contribution < 1.29 is 9.59 Å². The second-order valence-electron chi connectivity index (χ2n) is 4.60. The summed E-state index contributed by atoms with van der Waals surface area (Å²) in [5.74, 6) is 0.0942. The monoisotopic (exact) mass is 268 g/mol. The largest absolute Gasteiger partial charge is 0.355 e. The number of amides is 2. The molecule has 1 aliphatic rings. The van der Waals surface area contributed by atoms with Crippen LogP contribution in [0, 0.1) is 0 Å². The van der Waals surface area contributed by atoms with Gasteiger partial charge in [0, 0.05) is 39.3 Å². The molecule has 0 radical (unpaired) electrons. The van der Waals surface area contributed by atoms with E-state index in [-0.39, 0.29) is 11.8 Å². The van der Waals surface area contributed by atoms with Crippen molar-refractivity contribution in [2.24, 2.45) is 0 Å². The maximum atomic E-state index is 11.5. The van der Waals surface area contributed by atoms with E-state index in [1.807, 2.05) is 6.92 Å². The van der Waals surface area contributed by atoms with Crippen LogP contribution in [0.3, 0.4) is 0 Å². The van der Waals surface area contributed by atoms with Gasteiger partial charge in [-0.1, -0.05) is 6.08 Å². The smallest absolute Gasteiger partial charge is 0.234 e. The SMILES string of the molecule is C=CCNC(=O)CN1CCN(CC(=O)NCC)CC1. The molecule has 0 aromatic carbocycles. The summed E-state index contributed by atoms with van der Waals surface area (Å²) in [7, 11) is 0. The molecule has 108 valence electrons. The minimum absolute atomic E-state index is 0.0251. The molecule has 0 unspecified atom stereocenters. The summed E-state index contributed by atoms with van der Waals surface area (Å²) in [4.78, 5) is 27.2. The quantitative estimate of drug-likeness (QED) is 0.584. The number of nitrogens with zero attached hydrogens (tertiary/aromatic N) is 2. The fraction of sp³-hybridized carbons (Fsp3) is 0.692. The standard InChI is InChI=1S/C13H24N4O2/c1-3-5-15-13(19)11-17-8-6-16(7-9-17)10-12(18)14-4-2/h3H,1,4-11H2,2H3,(H,14,18)(H,15,19). The van der Waals surface area contributed by atoms with Gasteiger partial charge in [-0.3, -0.25) is 19.4 Å². The first-order valence-electron chi connectivity index (χ1n) is 6.74. The predicted octanol–water partition coefficient (Wildman–Crippen LogP) is -0.958. The van der Waals surface area contributed by atoms with E-state index in [2.05, 4.69) is 27.0 Å². The van der Waals surface area contributed by atoms with Crippen molar-refractivity contribution >= 4 is 11.8 Å². The van der Waals surface area contributed by atoms with E-state index >= 15 is 0 Å². The molecule has 0 spiro atoms. The number of nitrogens with one attached hydrogen (secondary N) is 2. The zero-order valence-electron chi connectivity index (χ0n) is 11.7. The minimum atomic E-state index is 0.0251. The molecule has 6 nitrogen and oxygen atoms in total. The van der Waals surface area contributed by atoms with Crippen molar-refractivity contribution in [3.8, 4) is 0 Å². The van der Waals surface area contributed by atoms with Crippen LogP contribution in [-0.4, -0.2) is 74.0 Å². The summed E-state index contributed by atoms with van der Waals surface area (Å²) in [5.41, 5.74) is 0. The first-order chi connectivity index (χ1) is 9.15. The fourth-order valence-electron chi connectivity index (χ4n) is 2.01. The van der Waals surface area contributed by atoms with Gasteiger partial charge >= 0.3 is 0 Å². The third-order valence-electron chi connectivity index (χ3n) is 3.02. The summed E-state index contributed by atoms with van der Waals surface area (Å²) in [6.07, 6.45) is 1.67. The number of carbonyl (C=O) groups excluding carboxylic acids is 2. The van der Waals surface area contributed by atoms with Gasteiger partial charge in [-0.2, -0.15) is 0 Å². The lowest BCUT2D eigenvalue weighted by Crippen LogP contribution is -2.51. The van der Waals surface area contributed by atoms with Gasteiger partial charge in [0.1, 0.15) is 0 Å². The molecular formula is C13H24N4O2. The Morgan fingerprint density at radius 2 is 1.53 bits per heavy atom. The molecule has 2 amide bonds. The van der Waals surface area contributed by atoms with E-state index in [0.717, 1.165) is 26.2 Å². The van der Waals surface area contributed by atoms with Gasteiger partial charge in [-0.15, -0.1) is 6.58 Å². The number of piperazine rings is 1. The van der Waals surface area contributed by atoms with Crippen LogP contribution in [-0.2, 0) is 9.59 Å². The second-order valence-corrected chi connectivity index (χ2v) is 4.60. The zero-order valence-corrected chi connectivity index (χ0v) is 11.7. The Kier molecular flexibility index (Phi) is 7.14. The summed E-state index contributed by atoms with van der Waals surface area (Å²) in [5, 5.41) is 5.56. The zero-order chi connectivity index (χ0) is 14.1. The first kappa shape index (κ1) is 15.7. The van der Waals surface area contributed by atoms with Gasteiger partial charge in [0.15, 0.2) is 0 Å². The highest BCUT2D eigenvalue weighted by Crippen LogP contribution is 2.00. The molecule has 0 atom stereocenters. The van der Waals surface area contributed by atoms with Crippen LogP contribution in [0.25, 0.3) is 0 Å². The van der Waals surface area contributed by atoms with E-state index in [0.29, 0.717) is 26.2 Å². The van der Waals surface area contributed by atoms with Crippen LogP contribution in [0.2, 0.25) is 0 Å². The molecule has 2 N–H and O–H groups in total. The van der Waals surface area contributed by atoms with E-state index in [4.69, 9.17) is 0 Å². The van der Waals surface area contributed by atoms with Crippen LogP contribution >= 0.6 is 0 Å². The number of hydrogen-bond acceptors (Lipinski definition) is 4. The molecule has 1 heterocycles. The third-order valence-corrected chi connectivity index (χ3v) is 3.02. The molecule has 6 heteroatoms. The Morgan fingerprint density at radius 1 is 1.05 bits per heavy atom. The molecule has 1 fully saturated rings. The molecule has 1 saturated heterocycles. The van der Waals surface area contributed by atoms with Crippen molar-refractivity contribution in [2.45, 2.75) is 6.92 Å². The number of hydrogen-bond donors (Lipinski definition) is 2. The van der Waals surface area contributed by atoms with Crippen molar-refractivity contribution in [2.75, 3.05) is 52.4 Å². The van der Waals surface area contributed by atoms with Gasteiger partial charge in [0.05, 0.1) is 13.1 Å². The van der Waals surface area contributed by atoms with Gasteiger partial charge in [-0.05, 0) is 6.92 Å². The lowest BCUT2D eigenvalue weighted by atomic mass is 10.3. The van der Waals surface area contributed by atoms with Gasteiger partial charge in [0.2, 0.25) is 11.8 Å². The average molecular weight is 268 g/mol. The normalized spacial score (nSPS) is 16.9. The molecule has 0 aliphatic carbocycles. The Labute approximate surface area is 114 Å². The summed E-state index contributed by atoms with van der Waals surface area (Å²) in [6.45, 7) is 10.8. The third kappa shape index (κ3) is 6.35. The molecule has 0 aromatic rings. The van der Waals surface area contributed by atoms with Crippen LogP contribution < -0.4 is 10.6 Å². The molecular weight excluding hydrogens is 244 g/mol. The highest BCUT2D eigenvalue weighted by Gasteiger charge is 2.19. The predicted molar refractivity (Wildman–Crippen MR) is 74.8 cm³/mol. The summed E-state index contributed by atoms with van der Waals surface area (Å²) in [6, 6.07) is 0. The Balaban J connectivity index is 2.19. The number of rotatable bonds is 7. The molecule has 1 rings (SSSR count). The summed E-state index contributed by atoms with van der Waals surface area (Å²) < 4.78 is 0. The molecule has 1 aliphatic heterocycles. The van der Waals surface area contributed by atoms with E-state index < -0.39 is 0 Å². The van der Waals surface area contributed by atoms with E-state index in [9.17, 15) is 9.59 Å². The topological polar surface area (TPSA) is 64.7 Å². The van der Waals surface area contributed by atoms with Crippen molar-refractivity contribution in [1.29, 1.82) is 0 Å². The maximum Gasteiger partial charge on any atom is 0.234 e. The highest BCUT2D eigenvalue weighted by molar-refractivity contribution is 5.78. The molecule has 0 aromatic heterocycles. The Bertz CT molecular complexity index is 312. The Hall–Kier alpha value is -1.40. The molecule has 0 saturated carbocycles. The van der Waals surface area contributed by atoms with Crippen LogP contribution in [0.4, 0.5) is 0 Å². The van der Waals surface area contributed by atoms with Crippen molar-refractivity contribution in [1.82, 2.24) is 20.4 Å². The lowest BCUT2D eigenvalue weighted by Gasteiger charge is -2.33. The number of carbonyl (C=O) groups is 2. The number of likely N-dealkylation sites (N-methyl/N-ethyl adjacent to an activating group) is 1. The Morgan fingerprint density at radius 3 is 1.95 bits per heavy atom. The van der Waals surface area contributed by atoms with Crippen molar-refractivity contribution in [3.63, 3.8) is 0 Å². The molecule has 0 bridgehead atoms. The van der Waals surface area contributed by atoms with Crippen LogP contribution in [0.1, 0.15) is 6.92 Å². The van der Waals surface area contributed by atoms with Gasteiger partial charge < -0.3 is 10.6 Å². The average Bonchev–Trinajstić information content (AvgIpc) is 2.39. The fourth-order valence-corrected chi connectivity index (χ4v) is 2.01. The molecule has 19 heavy (non-hydrogen) atoms. The second kappa shape index (κ2) is 8.66. The van der Waals surface area contributed by atoms with Crippen LogP contribution in [0.5, 0.6) is 0 Å². The summed E-state index contributed by atoms with van der Waals surface area (Å²) >= 11 is 0. The van der Waals surface area contributed by atoms with Gasteiger partial charge in [-0.25, -0.2) is 0 Å². The van der Waals surface area contributed by atoms with Gasteiger partial charge in [0.25, 0.3) is 0 Å².